The molecule has 0 amide bonds. The second-order valence-electron chi connectivity index (χ2n) is 11.9. The largest absolute Gasteiger partial charge is 0.393 e. The van der Waals surface area contributed by atoms with Gasteiger partial charge in [-0.25, -0.2) is 0 Å². The Balaban J connectivity index is 1.55. The van der Waals surface area contributed by atoms with E-state index in [0.29, 0.717) is 28.6 Å². The maximum absolute atomic E-state index is 11.2. The molecular formula is C27H44O2. The maximum Gasteiger partial charge on any atom is 0.0579 e. The van der Waals surface area contributed by atoms with Gasteiger partial charge in [0.2, 0.25) is 0 Å². The highest BCUT2D eigenvalue weighted by atomic mass is 16.3. The van der Waals surface area contributed by atoms with Crippen LogP contribution in [0.25, 0.3) is 0 Å². The first kappa shape index (κ1) is 21.6. The van der Waals surface area contributed by atoms with Gasteiger partial charge in [0.1, 0.15) is 0 Å². The third kappa shape index (κ3) is 3.57. The van der Waals surface area contributed by atoms with Gasteiger partial charge < -0.3 is 10.2 Å². The minimum atomic E-state index is -0.128. The van der Waals surface area contributed by atoms with Gasteiger partial charge in [-0.3, -0.25) is 0 Å². The zero-order chi connectivity index (χ0) is 21.0. The Morgan fingerprint density at radius 1 is 1.17 bits per heavy atom. The Kier molecular flexibility index (Phi) is 5.84. The summed E-state index contributed by atoms with van der Waals surface area (Å²) in [6, 6.07) is 0. The van der Waals surface area contributed by atoms with Crippen LogP contribution in [-0.4, -0.2) is 22.4 Å². The molecule has 3 fully saturated rings. The highest BCUT2D eigenvalue weighted by Gasteiger charge is 2.61. The molecule has 3 saturated carbocycles. The SMILES string of the molecule is CC(C)=CCC[C@@H](C)[C@H]1[C@@H](O)C[C@H]2[C@@H]3CC=C4C[C@@H](O)CC[C@]4(C)[C@H]3CC[C@]12C. The van der Waals surface area contributed by atoms with Gasteiger partial charge >= 0.3 is 0 Å². The summed E-state index contributed by atoms with van der Waals surface area (Å²) in [5, 5.41) is 21.4. The van der Waals surface area contributed by atoms with Crippen LogP contribution < -0.4 is 0 Å². The van der Waals surface area contributed by atoms with Crippen molar-refractivity contribution < 1.29 is 10.2 Å². The van der Waals surface area contributed by atoms with Crippen LogP contribution in [0.15, 0.2) is 23.3 Å². The molecule has 0 spiro atoms. The van der Waals surface area contributed by atoms with Crippen LogP contribution in [0.2, 0.25) is 0 Å². The predicted octanol–water partition coefficient (Wildman–Crippen LogP) is 6.28. The van der Waals surface area contributed by atoms with Crippen molar-refractivity contribution in [2.75, 3.05) is 0 Å². The molecule has 29 heavy (non-hydrogen) atoms. The Labute approximate surface area is 178 Å². The molecule has 2 heteroatoms. The van der Waals surface area contributed by atoms with Gasteiger partial charge in [-0.15, -0.1) is 0 Å². The van der Waals surface area contributed by atoms with Crippen LogP contribution in [0.1, 0.15) is 92.4 Å². The number of hydrogen-bond acceptors (Lipinski definition) is 2. The third-order valence-corrected chi connectivity index (χ3v) is 9.97. The number of rotatable bonds is 4. The summed E-state index contributed by atoms with van der Waals surface area (Å²) in [6.07, 6.45) is 14.7. The van der Waals surface area contributed by atoms with Crippen molar-refractivity contribution >= 4 is 0 Å². The average Bonchev–Trinajstić information content (AvgIpc) is 2.92. The van der Waals surface area contributed by atoms with E-state index in [1.54, 1.807) is 5.57 Å². The number of fused-ring (bicyclic) bond motifs is 5. The first-order valence-corrected chi connectivity index (χ1v) is 12.4. The van der Waals surface area contributed by atoms with Crippen molar-refractivity contribution in [2.24, 2.45) is 40.4 Å². The first-order chi connectivity index (χ1) is 13.7. The molecule has 0 bridgehead atoms. The average molecular weight is 401 g/mol. The van der Waals surface area contributed by atoms with Gasteiger partial charge in [-0.1, -0.05) is 44.1 Å². The van der Waals surface area contributed by atoms with Crippen molar-refractivity contribution in [2.45, 2.75) is 105 Å². The van der Waals surface area contributed by atoms with E-state index in [-0.39, 0.29) is 12.2 Å². The highest BCUT2D eigenvalue weighted by Crippen LogP contribution is 2.67. The molecule has 4 rings (SSSR count). The monoisotopic (exact) mass is 400 g/mol. The van der Waals surface area contributed by atoms with E-state index in [1.807, 2.05) is 0 Å². The molecule has 0 aromatic carbocycles. The predicted molar refractivity (Wildman–Crippen MR) is 120 cm³/mol. The molecule has 2 N–H and O–H groups in total. The molecular weight excluding hydrogens is 356 g/mol. The topological polar surface area (TPSA) is 40.5 Å². The van der Waals surface area contributed by atoms with Gasteiger partial charge in [0, 0.05) is 0 Å². The summed E-state index contributed by atoms with van der Waals surface area (Å²) in [5.41, 5.74) is 3.54. The molecule has 0 aliphatic heterocycles. The molecule has 4 aliphatic rings. The van der Waals surface area contributed by atoms with Crippen molar-refractivity contribution in [3.63, 3.8) is 0 Å². The lowest BCUT2D eigenvalue weighted by molar-refractivity contribution is -0.0617. The van der Waals surface area contributed by atoms with E-state index in [9.17, 15) is 10.2 Å². The third-order valence-electron chi connectivity index (χ3n) is 9.97. The number of allylic oxidation sites excluding steroid dienone is 3. The summed E-state index contributed by atoms with van der Waals surface area (Å²) in [4.78, 5) is 0. The fourth-order valence-electron chi connectivity index (χ4n) is 8.54. The van der Waals surface area contributed by atoms with Crippen molar-refractivity contribution in [3.05, 3.63) is 23.3 Å². The van der Waals surface area contributed by atoms with E-state index < -0.39 is 0 Å². The Morgan fingerprint density at radius 2 is 1.93 bits per heavy atom. The van der Waals surface area contributed by atoms with Gasteiger partial charge in [0.05, 0.1) is 12.2 Å². The standard InChI is InChI=1S/C27H44O2/c1-17(2)7-6-8-18(3)25-24(29)16-23-21-10-9-19-15-20(28)11-13-26(19,4)22(21)12-14-27(23,25)5/h7,9,18,20-25,28-29H,6,8,10-16H2,1-5H3/t18-,20+,21-,22+,23+,24+,25+,26+,27+/m1/s1. The van der Waals surface area contributed by atoms with Crippen molar-refractivity contribution in [1.82, 2.24) is 0 Å². The van der Waals surface area contributed by atoms with Gasteiger partial charge in [0.25, 0.3) is 0 Å². The molecule has 0 aromatic rings. The lowest BCUT2D eigenvalue weighted by atomic mass is 9.47. The van der Waals surface area contributed by atoms with Gasteiger partial charge in [0.15, 0.2) is 0 Å². The van der Waals surface area contributed by atoms with Crippen LogP contribution >= 0.6 is 0 Å². The minimum Gasteiger partial charge on any atom is -0.393 e. The molecule has 0 aromatic heterocycles. The molecule has 9 atom stereocenters. The maximum atomic E-state index is 11.2. The summed E-state index contributed by atoms with van der Waals surface area (Å²) in [7, 11) is 0. The summed E-state index contributed by atoms with van der Waals surface area (Å²) in [6.45, 7) is 11.8. The lowest BCUT2D eigenvalue weighted by Crippen LogP contribution is -2.51. The second kappa shape index (κ2) is 7.83. The summed E-state index contributed by atoms with van der Waals surface area (Å²) >= 11 is 0. The summed E-state index contributed by atoms with van der Waals surface area (Å²) < 4.78 is 0. The quantitative estimate of drug-likeness (QED) is 0.545. The van der Waals surface area contributed by atoms with E-state index in [0.717, 1.165) is 43.9 Å². The van der Waals surface area contributed by atoms with E-state index >= 15 is 0 Å². The van der Waals surface area contributed by atoms with Gasteiger partial charge in [-0.2, -0.15) is 0 Å². The second-order valence-corrected chi connectivity index (χ2v) is 11.9. The molecule has 0 radical (unpaired) electrons. The highest BCUT2D eigenvalue weighted by molar-refractivity contribution is 5.25. The number of aliphatic hydroxyl groups excluding tert-OH is 2. The van der Waals surface area contributed by atoms with Crippen LogP contribution in [0.5, 0.6) is 0 Å². The van der Waals surface area contributed by atoms with Crippen LogP contribution in [0.4, 0.5) is 0 Å². The zero-order valence-electron chi connectivity index (χ0n) is 19.5. The Morgan fingerprint density at radius 3 is 2.66 bits per heavy atom. The van der Waals surface area contributed by atoms with E-state index in [2.05, 4.69) is 46.8 Å². The van der Waals surface area contributed by atoms with Crippen LogP contribution in [-0.2, 0) is 0 Å². The van der Waals surface area contributed by atoms with Crippen LogP contribution in [0.3, 0.4) is 0 Å². The van der Waals surface area contributed by atoms with Gasteiger partial charge in [-0.05, 0) is 112 Å². The van der Waals surface area contributed by atoms with E-state index in [1.165, 1.54) is 31.3 Å². The molecule has 0 heterocycles. The fraction of sp³-hybridized carbons (Fsp3) is 0.852. The van der Waals surface area contributed by atoms with Crippen molar-refractivity contribution in [3.8, 4) is 0 Å². The lowest BCUT2D eigenvalue weighted by Gasteiger charge is -2.58. The molecule has 4 aliphatic carbocycles. The summed E-state index contributed by atoms with van der Waals surface area (Å²) in [5.74, 6) is 3.17. The molecule has 164 valence electrons. The van der Waals surface area contributed by atoms with Crippen LogP contribution in [0, 0.1) is 40.4 Å². The molecule has 2 nitrogen and oxygen atoms in total. The zero-order valence-corrected chi connectivity index (χ0v) is 19.5. The fourth-order valence-corrected chi connectivity index (χ4v) is 8.54. The smallest absolute Gasteiger partial charge is 0.0579 e. The Hall–Kier alpha value is -0.600. The molecule has 0 unspecified atom stereocenters. The molecule has 0 saturated heterocycles. The number of aliphatic hydroxyl groups is 2. The minimum absolute atomic E-state index is 0.126. The normalized spacial score (nSPS) is 47.5. The number of hydrogen-bond donors (Lipinski definition) is 2. The Bertz CT molecular complexity index is 674. The first-order valence-electron chi connectivity index (χ1n) is 12.4. The van der Waals surface area contributed by atoms with Crippen molar-refractivity contribution in [1.29, 1.82) is 0 Å². The van der Waals surface area contributed by atoms with E-state index in [4.69, 9.17) is 0 Å².